The maximum absolute atomic E-state index is 12.6. The van der Waals surface area contributed by atoms with Gasteiger partial charge in [-0.25, -0.2) is 4.79 Å². The predicted molar refractivity (Wildman–Crippen MR) is 96.9 cm³/mol. The Kier molecular flexibility index (Phi) is 5.30. The van der Waals surface area contributed by atoms with E-state index in [0.29, 0.717) is 18.1 Å². The lowest BCUT2D eigenvalue weighted by Crippen LogP contribution is -2.42. The maximum Gasteiger partial charge on any atom is 0.340 e. The summed E-state index contributed by atoms with van der Waals surface area (Å²) in [5.41, 5.74) is 2.53. The molecule has 0 saturated heterocycles. The number of esters is 1. The van der Waals surface area contributed by atoms with Crippen LogP contribution in [0.15, 0.2) is 42.5 Å². The molecule has 1 heterocycles. The molecule has 0 bridgehead atoms. The van der Waals surface area contributed by atoms with E-state index in [4.69, 9.17) is 27.9 Å². The van der Waals surface area contributed by atoms with Crippen molar-refractivity contribution in [3.8, 4) is 0 Å². The zero-order valence-electron chi connectivity index (χ0n) is 13.7. The van der Waals surface area contributed by atoms with Crippen LogP contribution in [-0.2, 0) is 22.5 Å². The minimum Gasteiger partial charge on any atom is -0.449 e. The number of benzene rings is 2. The Morgan fingerprint density at radius 2 is 1.84 bits per heavy atom. The summed E-state index contributed by atoms with van der Waals surface area (Å²) in [5, 5.41) is 0.615. The first kappa shape index (κ1) is 17.8. The topological polar surface area (TPSA) is 46.6 Å². The van der Waals surface area contributed by atoms with Gasteiger partial charge in [0.1, 0.15) is 0 Å². The van der Waals surface area contributed by atoms with Crippen molar-refractivity contribution in [2.75, 3.05) is 6.54 Å². The summed E-state index contributed by atoms with van der Waals surface area (Å²) >= 11 is 11.9. The fourth-order valence-electron chi connectivity index (χ4n) is 2.87. The molecule has 0 N–H and O–H groups in total. The van der Waals surface area contributed by atoms with Crippen molar-refractivity contribution < 1.29 is 14.3 Å². The van der Waals surface area contributed by atoms with Crippen molar-refractivity contribution in [3.63, 3.8) is 0 Å². The van der Waals surface area contributed by atoms with Crippen LogP contribution in [-0.4, -0.2) is 29.4 Å². The molecule has 1 atom stereocenters. The molecule has 2 aromatic rings. The molecule has 25 heavy (non-hydrogen) atoms. The molecule has 1 unspecified atom stereocenters. The molecule has 0 aliphatic carbocycles. The summed E-state index contributed by atoms with van der Waals surface area (Å²) in [5.74, 6) is -0.883. The minimum absolute atomic E-state index is 0.151. The van der Waals surface area contributed by atoms with Crippen molar-refractivity contribution in [1.82, 2.24) is 4.90 Å². The molecular formula is C19H17Cl2NO3. The van der Waals surface area contributed by atoms with Crippen LogP contribution >= 0.6 is 23.2 Å². The van der Waals surface area contributed by atoms with Gasteiger partial charge >= 0.3 is 5.97 Å². The van der Waals surface area contributed by atoms with Gasteiger partial charge in [0.05, 0.1) is 10.6 Å². The van der Waals surface area contributed by atoms with Gasteiger partial charge in [-0.15, -0.1) is 0 Å². The average molecular weight is 378 g/mol. The van der Waals surface area contributed by atoms with Crippen LogP contribution in [0.1, 0.15) is 28.4 Å². The van der Waals surface area contributed by atoms with E-state index in [1.165, 1.54) is 17.7 Å². The third kappa shape index (κ3) is 3.97. The Balaban J connectivity index is 1.67. The summed E-state index contributed by atoms with van der Waals surface area (Å²) in [4.78, 5) is 26.6. The van der Waals surface area contributed by atoms with Crippen molar-refractivity contribution in [3.05, 3.63) is 69.2 Å². The molecule has 0 saturated carbocycles. The molecule has 0 aromatic heterocycles. The quantitative estimate of drug-likeness (QED) is 0.755. The Morgan fingerprint density at radius 1 is 1.12 bits per heavy atom. The highest BCUT2D eigenvalue weighted by Crippen LogP contribution is 2.23. The summed E-state index contributed by atoms with van der Waals surface area (Å²) < 4.78 is 5.30. The van der Waals surface area contributed by atoms with Crippen molar-refractivity contribution in [2.24, 2.45) is 0 Å². The van der Waals surface area contributed by atoms with Gasteiger partial charge in [-0.2, -0.15) is 0 Å². The summed E-state index contributed by atoms with van der Waals surface area (Å²) in [6, 6.07) is 12.6. The lowest BCUT2D eigenvalue weighted by atomic mass is 9.99. The Labute approximate surface area is 156 Å². The Morgan fingerprint density at radius 3 is 2.60 bits per heavy atom. The first-order valence-corrected chi connectivity index (χ1v) is 8.73. The molecule has 3 rings (SSSR count). The van der Waals surface area contributed by atoms with Crippen molar-refractivity contribution >= 4 is 35.1 Å². The first-order chi connectivity index (χ1) is 12.0. The Hall–Kier alpha value is -2.04. The second-order valence-corrected chi connectivity index (χ2v) is 6.79. The summed E-state index contributed by atoms with van der Waals surface area (Å²) in [6.07, 6.45) is -0.101. The van der Waals surface area contributed by atoms with Gasteiger partial charge < -0.3 is 9.64 Å². The molecule has 0 fully saturated rings. The van der Waals surface area contributed by atoms with Crippen LogP contribution in [0, 0.1) is 0 Å². The van der Waals surface area contributed by atoms with Gasteiger partial charge in [0.2, 0.25) is 0 Å². The van der Waals surface area contributed by atoms with E-state index in [9.17, 15) is 9.59 Å². The Bertz CT molecular complexity index is 822. The number of fused-ring (bicyclic) bond motifs is 1. The maximum atomic E-state index is 12.6. The monoisotopic (exact) mass is 377 g/mol. The number of ether oxygens (including phenoxy) is 1. The zero-order valence-corrected chi connectivity index (χ0v) is 15.2. The highest BCUT2D eigenvalue weighted by atomic mass is 35.5. The molecule has 130 valence electrons. The van der Waals surface area contributed by atoms with Crippen LogP contribution in [0.5, 0.6) is 0 Å². The first-order valence-electron chi connectivity index (χ1n) is 7.97. The molecule has 1 aliphatic heterocycles. The predicted octanol–water partition coefficient (Wildman–Crippen LogP) is 4.12. The van der Waals surface area contributed by atoms with Gasteiger partial charge in [0, 0.05) is 18.1 Å². The van der Waals surface area contributed by atoms with Crippen LogP contribution in [0.25, 0.3) is 0 Å². The number of carbonyl (C=O) groups is 2. The largest absolute Gasteiger partial charge is 0.449 e. The number of nitrogens with zero attached hydrogens (tertiary/aromatic N) is 1. The van der Waals surface area contributed by atoms with E-state index in [2.05, 4.69) is 6.07 Å². The van der Waals surface area contributed by atoms with E-state index in [-0.39, 0.29) is 16.5 Å². The van der Waals surface area contributed by atoms with Crippen molar-refractivity contribution in [2.45, 2.75) is 26.0 Å². The fourth-order valence-corrected chi connectivity index (χ4v) is 3.24. The van der Waals surface area contributed by atoms with E-state index < -0.39 is 12.1 Å². The third-order valence-corrected chi connectivity index (χ3v) is 4.79. The molecule has 1 aliphatic rings. The molecule has 2 aromatic carbocycles. The number of rotatable bonds is 3. The van der Waals surface area contributed by atoms with Crippen LogP contribution in [0.4, 0.5) is 0 Å². The fraction of sp³-hybridized carbons (Fsp3) is 0.263. The van der Waals surface area contributed by atoms with E-state index in [0.717, 1.165) is 12.0 Å². The highest BCUT2D eigenvalue weighted by molar-refractivity contribution is 6.35. The van der Waals surface area contributed by atoms with Crippen LogP contribution < -0.4 is 0 Å². The smallest absolute Gasteiger partial charge is 0.340 e. The molecular weight excluding hydrogens is 361 g/mol. The lowest BCUT2D eigenvalue weighted by Gasteiger charge is -2.30. The standard InChI is InChI=1S/C19H17Cl2NO3/c1-12(25-19(24)16-10-15(20)6-7-17(16)21)18(23)22-9-8-13-4-2-3-5-14(13)11-22/h2-7,10,12H,8-9,11H2,1H3. The zero-order chi connectivity index (χ0) is 18.0. The second kappa shape index (κ2) is 7.46. The molecule has 0 spiro atoms. The van der Waals surface area contributed by atoms with Crippen LogP contribution in [0.2, 0.25) is 10.0 Å². The van der Waals surface area contributed by atoms with E-state index in [1.54, 1.807) is 17.9 Å². The number of hydrogen-bond acceptors (Lipinski definition) is 3. The number of halogens is 2. The van der Waals surface area contributed by atoms with Gasteiger partial charge in [0.15, 0.2) is 6.10 Å². The van der Waals surface area contributed by atoms with E-state index >= 15 is 0 Å². The van der Waals surface area contributed by atoms with Gasteiger partial charge in [-0.05, 0) is 42.7 Å². The second-order valence-electron chi connectivity index (χ2n) is 5.95. The van der Waals surface area contributed by atoms with Gasteiger partial charge in [-0.1, -0.05) is 47.5 Å². The molecule has 1 amide bonds. The van der Waals surface area contributed by atoms with Gasteiger partial charge in [-0.3, -0.25) is 4.79 Å². The molecule has 0 radical (unpaired) electrons. The number of amides is 1. The number of hydrogen-bond donors (Lipinski definition) is 0. The number of carbonyl (C=O) groups excluding carboxylic acids is 2. The lowest BCUT2D eigenvalue weighted by molar-refractivity contribution is -0.140. The van der Waals surface area contributed by atoms with Gasteiger partial charge in [0.25, 0.3) is 5.91 Å². The van der Waals surface area contributed by atoms with E-state index in [1.807, 2.05) is 18.2 Å². The average Bonchev–Trinajstić information content (AvgIpc) is 2.62. The van der Waals surface area contributed by atoms with Crippen molar-refractivity contribution in [1.29, 1.82) is 0 Å². The normalized spacial score (nSPS) is 14.6. The highest BCUT2D eigenvalue weighted by Gasteiger charge is 2.27. The molecule has 4 nitrogen and oxygen atoms in total. The summed E-state index contributed by atoms with van der Waals surface area (Å²) in [6.45, 7) is 2.70. The SMILES string of the molecule is CC(OC(=O)c1cc(Cl)ccc1Cl)C(=O)N1CCc2ccccc2C1. The molecule has 6 heteroatoms. The van der Waals surface area contributed by atoms with Crippen LogP contribution in [0.3, 0.4) is 0 Å². The third-order valence-electron chi connectivity index (χ3n) is 4.22. The summed E-state index contributed by atoms with van der Waals surface area (Å²) in [7, 11) is 0. The minimum atomic E-state index is -0.896.